The van der Waals surface area contributed by atoms with Gasteiger partial charge in [0.1, 0.15) is 5.75 Å². The molecule has 1 aromatic carbocycles. The van der Waals surface area contributed by atoms with E-state index in [9.17, 15) is 5.11 Å². The molecule has 1 rings (SSSR count). The first-order chi connectivity index (χ1) is 14.2. The van der Waals surface area contributed by atoms with Gasteiger partial charge in [0.05, 0.1) is 0 Å². The normalized spacial score (nSPS) is 11.3. The molecule has 0 radical (unpaired) electrons. The van der Waals surface area contributed by atoms with Crippen LogP contribution >= 0.6 is 0 Å². The van der Waals surface area contributed by atoms with E-state index in [0.717, 1.165) is 19.3 Å². The van der Waals surface area contributed by atoms with Gasteiger partial charge in [-0.3, -0.25) is 0 Å². The summed E-state index contributed by atoms with van der Waals surface area (Å²) >= 11 is 0. The highest BCUT2D eigenvalue weighted by atomic mass is 16.3. The fraction of sp³-hybridized carbons (Fsp3) is 0.786. The monoisotopic (exact) mass is 402 g/mol. The first kappa shape index (κ1) is 26.1. The summed E-state index contributed by atoms with van der Waals surface area (Å²) in [6, 6.07) is 2.14. The molecule has 0 saturated carbocycles. The van der Waals surface area contributed by atoms with E-state index in [1.165, 1.54) is 113 Å². The van der Waals surface area contributed by atoms with E-state index in [2.05, 4.69) is 33.8 Å². The maximum atomic E-state index is 10.8. The van der Waals surface area contributed by atoms with Gasteiger partial charge >= 0.3 is 0 Å². The van der Waals surface area contributed by atoms with Gasteiger partial charge in [0, 0.05) is 0 Å². The Balaban J connectivity index is 2.89. The standard InChI is InChI=1S/C28H50O/c1-5-9-13-14-15-16-17-18-22-25-24(19-10-6-2)23-28(29)27(21-12-8-4)26(25)20-11-7-3/h23,29H,5-22H2,1-4H3. The van der Waals surface area contributed by atoms with Crippen LogP contribution < -0.4 is 0 Å². The van der Waals surface area contributed by atoms with Crippen molar-refractivity contribution in [3.05, 3.63) is 28.3 Å². The SMILES string of the molecule is CCCCCCCCCCc1c(CCCC)cc(O)c(CCCC)c1CCCC. The first-order valence-electron chi connectivity index (χ1n) is 13.0. The van der Waals surface area contributed by atoms with Gasteiger partial charge in [-0.15, -0.1) is 0 Å². The van der Waals surface area contributed by atoms with Crippen molar-refractivity contribution in [2.45, 2.75) is 143 Å². The van der Waals surface area contributed by atoms with E-state index in [-0.39, 0.29) is 0 Å². The summed E-state index contributed by atoms with van der Waals surface area (Å²) in [4.78, 5) is 0. The van der Waals surface area contributed by atoms with E-state index < -0.39 is 0 Å². The third-order valence-electron chi connectivity index (χ3n) is 6.38. The Kier molecular flexibility index (Phi) is 15.1. The van der Waals surface area contributed by atoms with Gasteiger partial charge in [0.2, 0.25) is 0 Å². The van der Waals surface area contributed by atoms with Crippen LogP contribution in [0.25, 0.3) is 0 Å². The lowest BCUT2D eigenvalue weighted by atomic mass is 9.85. The van der Waals surface area contributed by atoms with Crippen molar-refractivity contribution in [3.8, 4) is 5.75 Å². The van der Waals surface area contributed by atoms with E-state index in [4.69, 9.17) is 0 Å². The zero-order valence-corrected chi connectivity index (χ0v) is 20.3. The lowest BCUT2D eigenvalue weighted by Gasteiger charge is -2.21. The minimum absolute atomic E-state index is 0.579. The van der Waals surface area contributed by atoms with Crippen molar-refractivity contribution in [1.82, 2.24) is 0 Å². The second-order valence-corrected chi connectivity index (χ2v) is 9.03. The Morgan fingerprint density at radius 3 is 1.52 bits per heavy atom. The van der Waals surface area contributed by atoms with Crippen LogP contribution in [0.15, 0.2) is 6.07 Å². The van der Waals surface area contributed by atoms with E-state index in [0.29, 0.717) is 5.75 Å². The molecule has 0 aliphatic carbocycles. The summed E-state index contributed by atoms with van der Waals surface area (Å²) in [5, 5.41) is 10.8. The van der Waals surface area contributed by atoms with Gasteiger partial charge in [-0.2, -0.15) is 0 Å². The number of aromatic hydroxyl groups is 1. The predicted octanol–water partition coefficient (Wildman–Crippen LogP) is 9.10. The van der Waals surface area contributed by atoms with Crippen molar-refractivity contribution in [3.63, 3.8) is 0 Å². The molecule has 1 aromatic rings. The average molecular weight is 403 g/mol. The number of phenolic OH excluding ortho intramolecular Hbond substituents is 1. The molecule has 1 nitrogen and oxygen atoms in total. The van der Waals surface area contributed by atoms with Crippen LogP contribution in [0.4, 0.5) is 0 Å². The third kappa shape index (κ3) is 10.1. The lowest BCUT2D eigenvalue weighted by molar-refractivity contribution is 0.463. The van der Waals surface area contributed by atoms with Crippen molar-refractivity contribution in [2.24, 2.45) is 0 Å². The number of rotatable bonds is 18. The summed E-state index contributed by atoms with van der Waals surface area (Å²) < 4.78 is 0. The molecule has 0 heterocycles. The van der Waals surface area contributed by atoms with Gasteiger partial charge in [-0.1, -0.05) is 91.9 Å². The fourth-order valence-corrected chi connectivity index (χ4v) is 4.50. The zero-order valence-electron chi connectivity index (χ0n) is 20.3. The Bertz CT molecular complexity index is 532. The number of hydrogen-bond donors (Lipinski definition) is 1. The number of benzene rings is 1. The summed E-state index contributed by atoms with van der Waals surface area (Å²) in [7, 11) is 0. The Hall–Kier alpha value is -0.980. The fourth-order valence-electron chi connectivity index (χ4n) is 4.50. The topological polar surface area (TPSA) is 20.2 Å². The molecule has 168 valence electrons. The zero-order chi connectivity index (χ0) is 21.3. The Labute approximate surface area is 182 Å². The van der Waals surface area contributed by atoms with Crippen LogP contribution in [0.1, 0.15) is 140 Å². The number of unbranched alkanes of at least 4 members (excludes halogenated alkanes) is 10. The van der Waals surface area contributed by atoms with Crippen LogP contribution in [0.5, 0.6) is 5.75 Å². The Morgan fingerprint density at radius 2 is 0.931 bits per heavy atom. The molecule has 1 heteroatoms. The van der Waals surface area contributed by atoms with Gasteiger partial charge < -0.3 is 5.11 Å². The molecule has 0 aliphatic heterocycles. The highest BCUT2D eigenvalue weighted by Crippen LogP contribution is 2.33. The van der Waals surface area contributed by atoms with Crippen LogP contribution in [-0.4, -0.2) is 5.11 Å². The van der Waals surface area contributed by atoms with Crippen molar-refractivity contribution >= 4 is 0 Å². The minimum Gasteiger partial charge on any atom is -0.508 e. The summed E-state index contributed by atoms with van der Waals surface area (Å²) in [5.41, 5.74) is 5.85. The van der Waals surface area contributed by atoms with E-state index >= 15 is 0 Å². The summed E-state index contributed by atoms with van der Waals surface area (Å²) in [5.74, 6) is 0.579. The quantitative estimate of drug-likeness (QED) is 0.243. The predicted molar refractivity (Wildman–Crippen MR) is 130 cm³/mol. The largest absolute Gasteiger partial charge is 0.508 e. The van der Waals surface area contributed by atoms with Crippen LogP contribution in [0.2, 0.25) is 0 Å². The van der Waals surface area contributed by atoms with Crippen molar-refractivity contribution < 1.29 is 5.11 Å². The summed E-state index contributed by atoms with van der Waals surface area (Å²) in [6.07, 6.45) is 22.8. The van der Waals surface area contributed by atoms with Crippen LogP contribution in [0.3, 0.4) is 0 Å². The molecule has 0 saturated heterocycles. The molecular weight excluding hydrogens is 352 g/mol. The summed E-state index contributed by atoms with van der Waals surface area (Å²) in [6.45, 7) is 9.09. The number of hydrogen-bond acceptors (Lipinski definition) is 1. The molecule has 0 bridgehead atoms. The molecule has 29 heavy (non-hydrogen) atoms. The maximum absolute atomic E-state index is 10.8. The van der Waals surface area contributed by atoms with Crippen molar-refractivity contribution in [2.75, 3.05) is 0 Å². The molecule has 1 N–H and O–H groups in total. The van der Waals surface area contributed by atoms with E-state index in [1.807, 2.05) is 0 Å². The van der Waals surface area contributed by atoms with Crippen LogP contribution in [-0.2, 0) is 25.7 Å². The lowest BCUT2D eigenvalue weighted by Crippen LogP contribution is -2.07. The molecule has 0 unspecified atom stereocenters. The van der Waals surface area contributed by atoms with Crippen molar-refractivity contribution in [1.29, 1.82) is 0 Å². The first-order valence-corrected chi connectivity index (χ1v) is 13.0. The highest BCUT2D eigenvalue weighted by Gasteiger charge is 2.17. The molecule has 0 amide bonds. The smallest absolute Gasteiger partial charge is 0.119 e. The molecule has 0 aromatic heterocycles. The van der Waals surface area contributed by atoms with Gasteiger partial charge in [0.25, 0.3) is 0 Å². The number of phenols is 1. The highest BCUT2D eigenvalue weighted by molar-refractivity contribution is 5.50. The molecule has 0 spiro atoms. The Morgan fingerprint density at radius 1 is 0.483 bits per heavy atom. The van der Waals surface area contributed by atoms with Crippen LogP contribution in [0, 0.1) is 0 Å². The third-order valence-corrected chi connectivity index (χ3v) is 6.38. The van der Waals surface area contributed by atoms with Gasteiger partial charge in [-0.25, -0.2) is 0 Å². The molecule has 0 atom stereocenters. The second-order valence-electron chi connectivity index (χ2n) is 9.03. The van der Waals surface area contributed by atoms with Gasteiger partial charge in [0.15, 0.2) is 0 Å². The second kappa shape index (κ2) is 16.8. The van der Waals surface area contributed by atoms with E-state index in [1.54, 1.807) is 5.56 Å². The molecule has 0 aliphatic rings. The number of aryl methyl sites for hydroxylation is 1. The van der Waals surface area contributed by atoms with Gasteiger partial charge in [-0.05, 0) is 79.7 Å². The molecule has 0 fully saturated rings. The average Bonchev–Trinajstić information content (AvgIpc) is 2.72. The minimum atomic E-state index is 0.579. The molecular formula is C28H50O. The maximum Gasteiger partial charge on any atom is 0.119 e.